The van der Waals surface area contributed by atoms with Gasteiger partial charge in [0, 0.05) is 31.8 Å². The number of hydrogen-bond acceptors (Lipinski definition) is 11. The summed E-state index contributed by atoms with van der Waals surface area (Å²) in [4.78, 5) is 88.5. The number of aliphatic hydroxyl groups is 1. The number of benzene rings is 2. The molecule has 0 spiro atoms. The highest BCUT2D eigenvalue weighted by Gasteiger charge is 2.45. The van der Waals surface area contributed by atoms with Crippen molar-refractivity contribution >= 4 is 70.8 Å². The molecule has 0 bridgehead atoms. The van der Waals surface area contributed by atoms with Crippen molar-refractivity contribution in [3.05, 3.63) is 69.8 Å². The van der Waals surface area contributed by atoms with Crippen LogP contribution in [0, 0.1) is 12.3 Å². The van der Waals surface area contributed by atoms with Crippen LogP contribution in [0.2, 0.25) is 5.02 Å². The number of fused-ring (bicyclic) bond motifs is 1. The van der Waals surface area contributed by atoms with Crippen LogP contribution >= 0.6 is 35.3 Å². The molecule has 4 heterocycles. The van der Waals surface area contributed by atoms with Gasteiger partial charge in [-0.2, -0.15) is 0 Å². The van der Waals surface area contributed by atoms with Gasteiger partial charge in [-0.15, -0.1) is 23.7 Å². The third-order valence-electron chi connectivity index (χ3n) is 13.4. The molecule has 8 N–H and O–H groups in total. The number of aryl methyl sites for hydroxylation is 2. The molecule has 16 nitrogen and oxygen atoms in total. The Morgan fingerprint density at radius 1 is 0.957 bits per heavy atom. The van der Waals surface area contributed by atoms with E-state index in [9.17, 15) is 33.9 Å². The molecule has 3 aliphatic heterocycles. The number of nitrogens with one attached hydrogen (secondary N) is 3. The Bertz CT molecular complexity index is 2270. The van der Waals surface area contributed by atoms with Crippen LogP contribution in [0.1, 0.15) is 128 Å². The van der Waals surface area contributed by atoms with Gasteiger partial charge in [0.05, 0.1) is 45.3 Å². The van der Waals surface area contributed by atoms with Crippen LogP contribution in [-0.2, 0) is 35.2 Å². The predicted molar refractivity (Wildman–Crippen MR) is 269 cm³/mol. The number of aromatic nitrogens is 1. The minimum atomic E-state index is -0.953. The van der Waals surface area contributed by atoms with Gasteiger partial charge in [-0.1, -0.05) is 81.6 Å². The number of rotatable bonds is 19. The summed E-state index contributed by atoms with van der Waals surface area (Å²) < 4.78 is 6.15. The average molecular weight is 1010 g/mol. The number of aliphatic hydroxyl groups excluding tert-OH is 1. The van der Waals surface area contributed by atoms with E-state index in [1.165, 1.54) is 4.90 Å². The first-order chi connectivity index (χ1) is 32.3. The molecule has 6 rings (SSSR count). The number of nitrogens with two attached hydrogens (primary N) is 2. The number of hydrogen-bond donors (Lipinski definition) is 6. The number of β-amino-alcohol motifs (C(OH)–C–C–N with tert-alkyl or cyclic N) is 1. The second-order valence-corrected chi connectivity index (χ2v) is 21.0. The number of nitrogens with zero attached hydrogens (tertiary/aromatic N) is 3. The first kappa shape index (κ1) is 55.1. The van der Waals surface area contributed by atoms with Gasteiger partial charge in [0.25, 0.3) is 0 Å². The summed E-state index contributed by atoms with van der Waals surface area (Å²) in [5.74, 6) is -1.77. The number of unbranched alkanes of at least 4 members (excludes halogenated alkanes) is 1. The molecule has 3 aliphatic rings. The van der Waals surface area contributed by atoms with Gasteiger partial charge in [-0.25, -0.2) is 4.98 Å². The minimum absolute atomic E-state index is 0. The van der Waals surface area contributed by atoms with E-state index in [-0.39, 0.29) is 87.0 Å². The number of ether oxygens (including phenoxy) is 1. The lowest BCUT2D eigenvalue weighted by Crippen LogP contribution is -2.57. The number of carbonyl (C=O) groups excluding carboxylic acids is 6. The molecule has 3 aromatic rings. The molecule has 0 radical (unpaired) electrons. The number of amides is 6. The second-order valence-electron chi connectivity index (χ2n) is 19.7. The van der Waals surface area contributed by atoms with Gasteiger partial charge in [0.2, 0.25) is 35.4 Å². The van der Waals surface area contributed by atoms with E-state index >= 15 is 0 Å². The fourth-order valence-electron chi connectivity index (χ4n) is 9.53. The van der Waals surface area contributed by atoms with E-state index in [1.807, 2.05) is 70.5 Å². The molecule has 378 valence electrons. The van der Waals surface area contributed by atoms with Crippen molar-refractivity contribution in [1.29, 1.82) is 0 Å². The molecular weight excluding hydrogens is 944 g/mol. The Morgan fingerprint density at radius 3 is 2.35 bits per heavy atom. The monoisotopic (exact) mass is 1010 g/mol. The fourth-order valence-corrected chi connectivity index (χ4v) is 10.6. The predicted octanol–water partition coefficient (Wildman–Crippen LogP) is 5.67. The zero-order valence-electron chi connectivity index (χ0n) is 40.3. The third-order valence-corrected chi connectivity index (χ3v) is 14.8. The van der Waals surface area contributed by atoms with Crippen LogP contribution in [0.4, 0.5) is 0 Å². The van der Waals surface area contributed by atoms with Gasteiger partial charge in [-0.05, 0) is 93.4 Å². The van der Waals surface area contributed by atoms with E-state index < -0.39 is 53.5 Å². The summed E-state index contributed by atoms with van der Waals surface area (Å²) in [6, 6.07) is 9.16. The quantitative estimate of drug-likeness (QED) is 0.0805. The summed E-state index contributed by atoms with van der Waals surface area (Å²) in [5.41, 5.74) is 16.4. The molecule has 3 saturated heterocycles. The summed E-state index contributed by atoms with van der Waals surface area (Å²) in [5, 5.41) is 20.1. The first-order valence-electron chi connectivity index (χ1n) is 24.0. The Balaban J connectivity index is 0.00000888. The number of likely N-dealkylation sites (tertiary alicyclic amines) is 1. The maximum atomic E-state index is 14.2. The zero-order chi connectivity index (χ0) is 49.3. The molecule has 0 saturated carbocycles. The van der Waals surface area contributed by atoms with Gasteiger partial charge in [0.15, 0.2) is 0 Å². The molecule has 3 unspecified atom stereocenters. The highest BCUT2D eigenvalue weighted by Crippen LogP contribution is 2.34. The lowest BCUT2D eigenvalue weighted by Gasteiger charge is -2.35. The van der Waals surface area contributed by atoms with Crippen molar-refractivity contribution in [3.63, 3.8) is 0 Å². The van der Waals surface area contributed by atoms with Crippen LogP contribution in [0.5, 0.6) is 5.75 Å². The topological polar surface area (TPSA) is 239 Å². The van der Waals surface area contributed by atoms with E-state index in [2.05, 4.69) is 20.9 Å². The lowest BCUT2D eigenvalue weighted by atomic mass is 9.85. The lowest BCUT2D eigenvalue weighted by molar-refractivity contribution is -0.144. The van der Waals surface area contributed by atoms with Gasteiger partial charge < -0.3 is 47.1 Å². The zero-order valence-corrected chi connectivity index (χ0v) is 42.7. The van der Waals surface area contributed by atoms with Crippen LogP contribution in [0.25, 0.3) is 10.4 Å². The molecule has 0 aliphatic carbocycles. The summed E-state index contributed by atoms with van der Waals surface area (Å²) in [6.07, 6.45) is 5.68. The highest BCUT2D eigenvalue weighted by molar-refractivity contribution is 7.13. The molecule has 19 heteroatoms. The van der Waals surface area contributed by atoms with Crippen molar-refractivity contribution < 1.29 is 38.6 Å². The van der Waals surface area contributed by atoms with Crippen molar-refractivity contribution in [2.75, 3.05) is 13.2 Å². The van der Waals surface area contributed by atoms with Crippen LogP contribution < -0.4 is 32.2 Å². The Morgan fingerprint density at radius 2 is 1.67 bits per heavy atom. The van der Waals surface area contributed by atoms with Gasteiger partial charge >= 0.3 is 0 Å². The molecular formula is C50H70Cl2N8O8S. The average Bonchev–Trinajstić information content (AvgIpc) is 4.04. The molecule has 1 aromatic heterocycles. The smallest absolute Gasteiger partial charge is 0.246 e. The van der Waals surface area contributed by atoms with Crippen molar-refractivity contribution in [1.82, 2.24) is 30.7 Å². The van der Waals surface area contributed by atoms with Crippen LogP contribution in [0.15, 0.2) is 48.0 Å². The molecule has 6 amide bonds. The minimum Gasteiger partial charge on any atom is -0.490 e. The number of carbonyl (C=O) groups is 6. The van der Waals surface area contributed by atoms with E-state index in [0.717, 1.165) is 52.9 Å². The van der Waals surface area contributed by atoms with Gasteiger partial charge in [-0.3, -0.25) is 28.8 Å². The highest BCUT2D eigenvalue weighted by atomic mass is 35.5. The third kappa shape index (κ3) is 14.4. The van der Waals surface area contributed by atoms with Crippen molar-refractivity contribution in [3.8, 4) is 16.2 Å². The van der Waals surface area contributed by atoms with E-state index in [1.54, 1.807) is 28.4 Å². The number of thiazole rings is 1. The largest absolute Gasteiger partial charge is 0.490 e. The summed E-state index contributed by atoms with van der Waals surface area (Å²) >= 11 is 8.41. The number of halogens is 2. The second kappa shape index (κ2) is 24.8. The summed E-state index contributed by atoms with van der Waals surface area (Å²) in [6.45, 7) is 9.36. The molecule has 2 aromatic carbocycles. The normalized spacial score (nSPS) is 21.7. The number of primary amides is 1. The summed E-state index contributed by atoms with van der Waals surface area (Å²) in [7, 11) is 0. The molecule has 3 fully saturated rings. The van der Waals surface area contributed by atoms with Gasteiger partial charge in [0.1, 0.15) is 30.5 Å². The maximum Gasteiger partial charge on any atom is 0.246 e. The van der Waals surface area contributed by atoms with Crippen molar-refractivity contribution in [2.45, 2.75) is 166 Å². The standard InChI is InChI=1S/C50H69ClN8O8S.ClH/c1-29(31-17-19-33(20-18-31)44-30(2)54-28-68-44)55-47(64)39-25-36(60)26-58(39)49(66)45(50(3,4)5)57-42(62)16-9-6-11-32-12-10-15-40(43(32)51)67-27-34(21-24-41(53)61)56-46(63)38-23-22-35-13-7-8-14-37(52)48(65)59(35)38;/h10,12,15,17-20,28-29,34-39,45,60H,6-9,11,13-14,16,21-27,52H2,1-5H3,(H2,53,61)(H,55,64)(H,56,63)(H,57,62);1H/t29?,34?,35-,36+,37-,38-,39-,45?;/m0./s1. The molecule has 8 atom stereocenters. The SMILES string of the molecule is Cc1ncsc1-c1ccc(C(C)NC(=O)[C@@H]2C[C@@H](O)CN2C(=O)C(NC(=O)CCCCc2cccc(OCC(CCC(N)=O)NC(=O)[C@@H]3CC[C@@H]4CCCC[C@H](N)C(=O)N43)c2Cl)C(C)(C)C)cc1.Cl. The maximum absolute atomic E-state index is 14.2. The Kier molecular flexibility index (Phi) is 19.8. The van der Waals surface area contributed by atoms with E-state index in [4.69, 9.17) is 27.8 Å². The Labute approximate surface area is 420 Å². The van der Waals surface area contributed by atoms with E-state index in [0.29, 0.717) is 42.9 Å². The first-order valence-corrected chi connectivity index (χ1v) is 25.2. The van der Waals surface area contributed by atoms with Crippen LogP contribution in [-0.4, -0.2) is 111 Å². The van der Waals surface area contributed by atoms with Crippen LogP contribution in [0.3, 0.4) is 0 Å². The Hall–Kier alpha value is -4.81. The fraction of sp³-hybridized carbons (Fsp3) is 0.580. The van der Waals surface area contributed by atoms with Crippen molar-refractivity contribution in [2.24, 2.45) is 16.9 Å². The molecule has 69 heavy (non-hydrogen) atoms.